The summed E-state index contributed by atoms with van der Waals surface area (Å²) in [6, 6.07) is 0. The fourth-order valence-electron chi connectivity index (χ4n) is 2.90. The molecule has 1 unspecified atom stereocenters. The van der Waals surface area contributed by atoms with E-state index in [4.69, 9.17) is 0 Å². The summed E-state index contributed by atoms with van der Waals surface area (Å²) in [6.45, 7) is 3.16. The van der Waals surface area contributed by atoms with Crippen LogP contribution in [0, 0.1) is 19.8 Å². The molecule has 3 heterocycles. The van der Waals surface area contributed by atoms with Gasteiger partial charge in [-0.2, -0.15) is 18.3 Å². The summed E-state index contributed by atoms with van der Waals surface area (Å²) in [6.07, 6.45) is 1.32. The second kappa shape index (κ2) is 7.33. The minimum absolute atomic E-state index is 0.262. The van der Waals surface area contributed by atoms with Crippen molar-refractivity contribution >= 4 is 29.8 Å². The normalized spacial score (nSPS) is 20.2. The minimum atomic E-state index is -4.93. The molecule has 0 aromatic carbocycles. The average molecular weight is 394 g/mol. The third-order valence-electron chi connectivity index (χ3n) is 4.38. The molecule has 0 radical (unpaired) electrons. The number of carbonyl (C=O) groups is 2. The van der Waals surface area contributed by atoms with Crippen LogP contribution in [0.4, 0.5) is 13.2 Å². The Bertz CT molecular complexity index is 939. The molecule has 8 nitrogen and oxygen atoms in total. The molecule has 2 aliphatic heterocycles. The van der Waals surface area contributed by atoms with E-state index in [9.17, 15) is 22.8 Å². The van der Waals surface area contributed by atoms with Gasteiger partial charge in [-0.1, -0.05) is 0 Å². The number of aromatic nitrogens is 1. The number of carbonyl (C=O) groups excluding carboxylic acids is 2. The lowest BCUT2D eigenvalue weighted by atomic mass is 9.99. The van der Waals surface area contributed by atoms with Gasteiger partial charge in [0.05, 0.1) is 11.4 Å². The van der Waals surface area contributed by atoms with Gasteiger partial charge in [-0.05, 0) is 31.1 Å². The first kappa shape index (κ1) is 19.4. The summed E-state index contributed by atoms with van der Waals surface area (Å²) in [4.78, 5) is 30.3. The van der Waals surface area contributed by atoms with Crippen LogP contribution in [-0.4, -0.2) is 34.9 Å². The number of aryl methyl sites for hydroxylation is 1. The quantitative estimate of drug-likeness (QED) is 0.619. The molecule has 148 valence electrons. The molecule has 1 aromatic rings. The predicted molar refractivity (Wildman–Crippen MR) is 96.0 cm³/mol. The van der Waals surface area contributed by atoms with Crippen LogP contribution >= 0.6 is 0 Å². The van der Waals surface area contributed by atoms with Crippen molar-refractivity contribution in [1.82, 2.24) is 21.0 Å². The monoisotopic (exact) mass is 394 g/mol. The van der Waals surface area contributed by atoms with Crippen LogP contribution in [0.15, 0.2) is 28.2 Å². The molecule has 1 atom stereocenters. The zero-order valence-corrected chi connectivity index (χ0v) is 14.9. The summed E-state index contributed by atoms with van der Waals surface area (Å²) >= 11 is 0. The maximum Gasteiger partial charge on any atom is 0.471 e. The van der Waals surface area contributed by atoms with Crippen LogP contribution in [0.5, 0.6) is 0 Å². The highest BCUT2D eigenvalue weighted by molar-refractivity contribution is 6.24. The number of hydrogen-bond acceptors (Lipinski definition) is 5. The second-order valence-electron chi connectivity index (χ2n) is 6.21. The first-order valence-electron chi connectivity index (χ1n) is 8.26. The molecule has 28 heavy (non-hydrogen) atoms. The second-order valence-corrected chi connectivity index (χ2v) is 6.21. The van der Waals surface area contributed by atoms with E-state index < -0.39 is 18.0 Å². The van der Waals surface area contributed by atoms with E-state index >= 15 is 0 Å². The van der Waals surface area contributed by atoms with Crippen molar-refractivity contribution in [1.29, 1.82) is 0 Å². The van der Waals surface area contributed by atoms with Crippen LogP contribution in [0.1, 0.15) is 22.5 Å². The summed E-state index contributed by atoms with van der Waals surface area (Å²) in [5, 5.41) is 8.62. The van der Waals surface area contributed by atoms with Crippen molar-refractivity contribution in [3.63, 3.8) is 0 Å². The number of halogens is 3. The molecule has 11 heteroatoms. The lowest BCUT2D eigenvalue weighted by molar-refractivity contribution is -0.173. The zero-order chi connectivity index (χ0) is 20.5. The van der Waals surface area contributed by atoms with Gasteiger partial charge in [-0.3, -0.25) is 14.6 Å². The Morgan fingerprint density at radius 1 is 1.36 bits per heavy atom. The van der Waals surface area contributed by atoms with Crippen LogP contribution in [0.25, 0.3) is 6.08 Å². The van der Waals surface area contributed by atoms with Gasteiger partial charge in [0, 0.05) is 36.5 Å². The first-order valence-corrected chi connectivity index (χ1v) is 8.26. The number of hydrogen-bond donors (Lipinski definition) is 4. The number of aromatic amines is 1. The first-order chi connectivity index (χ1) is 13.2. The molecule has 4 N–H and O–H groups in total. The Morgan fingerprint density at radius 2 is 2.11 bits per heavy atom. The highest BCUT2D eigenvalue weighted by Gasteiger charge is 2.38. The number of hydrazone groups is 1. The molecule has 1 aromatic heterocycles. The van der Waals surface area contributed by atoms with E-state index in [0.717, 1.165) is 0 Å². The SMILES string of the molecule is Cc1[nH]c(C=C2NC=CN=C2C2C=NNC2=O)c(C)c1CNC(=O)C(F)(F)F. The van der Waals surface area contributed by atoms with E-state index in [-0.39, 0.29) is 12.5 Å². The van der Waals surface area contributed by atoms with Crippen LogP contribution in [-0.2, 0) is 16.1 Å². The predicted octanol–water partition coefficient (Wildman–Crippen LogP) is 1.40. The van der Waals surface area contributed by atoms with Gasteiger partial charge in [0.2, 0.25) is 0 Å². The molecular weight excluding hydrogens is 377 g/mol. The number of nitrogens with zero attached hydrogens (tertiary/aromatic N) is 2. The standard InChI is InChI=1S/C17H17F3N6O2/c1-8-10(6-23-16(28)17(18,19)20)9(2)25-12(8)5-13-14(22-4-3-21-13)11-7-24-26-15(11)27/h3-5,7,11,21,25H,6H2,1-2H3,(H,23,28)(H,26,27). The largest absolute Gasteiger partial charge is 0.471 e. The average Bonchev–Trinajstić information content (AvgIpc) is 3.16. The van der Waals surface area contributed by atoms with Gasteiger partial charge < -0.3 is 15.6 Å². The Kier molecular flexibility index (Phi) is 5.08. The van der Waals surface area contributed by atoms with E-state index in [2.05, 4.69) is 25.8 Å². The zero-order valence-electron chi connectivity index (χ0n) is 14.9. The van der Waals surface area contributed by atoms with Crippen molar-refractivity contribution in [3.05, 3.63) is 40.6 Å². The smallest absolute Gasteiger partial charge is 0.359 e. The third kappa shape index (κ3) is 3.82. The highest BCUT2D eigenvalue weighted by atomic mass is 19.4. The Morgan fingerprint density at radius 3 is 2.75 bits per heavy atom. The summed E-state index contributed by atoms with van der Waals surface area (Å²) in [7, 11) is 0. The molecule has 3 rings (SSSR count). The molecule has 2 amide bonds. The van der Waals surface area contributed by atoms with Gasteiger partial charge in [0.15, 0.2) is 0 Å². The lowest BCUT2D eigenvalue weighted by Crippen LogP contribution is -2.36. The molecule has 0 saturated heterocycles. The number of amides is 2. The maximum absolute atomic E-state index is 12.4. The van der Waals surface area contributed by atoms with E-state index in [1.54, 1.807) is 26.1 Å². The fourth-order valence-corrected chi connectivity index (χ4v) is 2.90. The van der Waals surface area contributed by atoms with Gasteiger partial charge in [0.1, 0.15) is 5.92 Å². The number of rotatable bonds is 4. The van der Waals surface area contributed by atoms with Crippen molar-refractivity contribution in [3.8, 4) is 0 Å². The van der Waals surface area contributed by atoms with Crippen LogP contribution in [0.2, 0.25) is 0 Å². The third-order valence-corrected chi connectivity index (χ3v) is 4.38. The molecule has 0 fully saturated rings. The molecule has 0 saturated carbocycles. The van der Waals surface area contributed by atoms with Gasteiger partial charge in [-0.25, -0.2) is 5.43 Å². The molecule has 0 bridgehead atoms. The number of aliphatic imine (C=N–C) groups is 1. The molecular formula is C17H17F3N6O2. The van der Waals surface area contributed by atoms with Crippen molar-refractivity contribution in [2.24, 2.45) is 16.0 Å². The van der Waals surface area contributed by atoms with Crippen LogP contribution in [0.3, 0.4) is 0 Å². The summed E-state index contributed by atoms with van der Waals surface area (Å²) in [5.41, 5.74) is 5.82. The van der Waals surface area contributed by atoms with Crippen molar-refractivity contribution < 1.29 is 22.8 Å². The van der Waals surface area contributed by atoms with E-state index in [0.29, 0.717) is 33.9 Å². The molecule has 0 spiro atoms. The Labute approximate surface area is 157 Å². The number of H-pyrrole nitrogens is 1. The van der Waals surface area contributed by atoms with Crippen LogP contribution < -0.4 is 16.1 Å². The lowest BCUT2D eigenvalue weighted by Gasteiger charge is -2.16. The number of nitrogens with one attached hydrogen (secondary N) is 4. The fraction of sp³-hybridized carbons (Fsp3) is 0.294. The van der Waals surface area contributed by atoms with Gasteiger partial charge >= 0.3 is 12.1 Å². The number of alkyl halides is 3. The Hall–Kier alpha value is -3.37. The summed E-state index contributed by atoms with van der Waals surface area (Å²) < 4.78 is 37.2. The van der Waals surface area contributed by atoms with E-state index in [1.807, 2.05) is 5.32 Å². The van der Waals surface area contributed by atoms with Gasteiger partial charge in [0.25, 0.3) is 5.91 Å². The maximum atomic E-state index is 12.4. The topological polar surface area (TPSA) is 111 Å². The highest BCUT2D eigenvalue weighted by Crippen LogP contribution is 2.23. The number of allylic oxidation sites excluding steroid dienone is 1. The Balaban J connectivity index is 1.85. The molecule has 2 aliphatic rings. The van der Waals surface area contributed by atoms with Gasteiger partial charge in [-0.15, -0.1) is 0 Å². The minimum Gasteiger partial charge on any atom is -0.359 e. The van der Waals surface area contributed by atoms with Crippen molar-refractivity contribution in [2.75, 3.05) is 0 Å². The summed E-state index contributed by atoms with van der Waals surface area (Å²) in [5.74, 6) is -2.95. The van der Waals surface area contributed by atoms with E-state index in [1.165, 1.54) is 12.4 Å². The molecule has 0 aliphatic carbocycles. The van der Waals surface area contributed by atoms with Crippen molar-refractivity contribution in [2.45, 2.75) is 26.6 Å².